The van der Waals surface area contributed by atoms with Gasteiger partial charge in [-0.1, -0.05) is 23.5 Å². The number of ether oxygens (including phenoxy) is 2. The van der Waals surface area contributed by atoms with Crippen molar-refractivity contribution in [3.05, 3.63) is 0 Å². The van der Waals surface area contributed by atoms with Crippen molar-refractivity contribution in [3.8, 4) is 0 Å². The van der Waals surface area contributed by atoms with Gasteiger partial charge in [0, 0.05) is 0 Å². The average Bonchev–Trinajstić information content (AvgIpc) is 2.83. The summed E-state index contributed by atoms with van der Waals surface area (Å²) in [6.45, 7) is 4.26. The molecule has 0 fully saturated rings. The molecule has 0 radical (unpaired) electrons. The van der Waals surface area contributed by atoms with E-state index in [1.807, 2.05) is 0 Å². The monoisotopic (exact) mass is 322 g/mol. The molecule has 0 aliphatic carbocycles. The van der Waals surface area contributed by atoms with Crippen LogP contribution in [0.2, 0.25) is 0 Å². The van der Waals surface area contributed by atoms with Gasteiger partial charge in [0.15, 0.2) is 4.34 Å². The van der Waals surface area contributed by atoms with Crippen LogP contribution in [0, 0.1) is 0 Å². The van der Waals surface area contributed by atoms with Crippen LogP contribution in [0.15, 0.2) is 9.50 Å². The summed E-state index contributed by atoms with van der Waals surface area (Å²) >= 11 is 3.69. The number of hydrogen-bond acceptors (Lipinski definition) is 9. The molecule has 0 aliphatic rings. The van der Waals surface area contributed by atoms with E-state index in [0.29, 0.717) is 22.7 Å². The van der Waals surface area contributed by atoms with E-state index in [0.717, 1.165) is 0 Å². The summed E-state index contributed by atoms with van der Waals surface area (Å²) in [5.74, 6) is -0.163. The van der Waals surface area contributed by atoms with Gasteiger partial charge in [-0.05, 0) is 25.4 Å². The van der Waals surface area contributed by atoms with Crippen LogP contribution in [0.25, 0.3) is 0 Å². The molecule has 1 aromatic heterocycles. The van der Waals surface area contributed by atoms with Crippen LogP contribution in [-0.4, -0.2) is 46.0 Å². The summed E-state index contributed by atoms with van der Waals surface area (Å²) in [5.41, 5.74) is 0. The maximum atomic E-state index is 11.2. The molecule has 0 unspecified atom stereocenters. The molecule has 9 heteroatoms. The van der Waals surface area contributed by atoms with E-state index in [-0.39, 0.29) is 23.4 Å². The number of carbonyl (C=O) groups is 2. The fourth-order valence-electron chi connectivity index (χ4n) is 0.964. The number of nitrogens with zero attached hydrogens (tertiary/aromatic N) is 2. The molecule has 0 atom stereocenters. The lowest BCUT2D eigenvalue weighted by Gasteiger charge is -1.98. The van der Waals surface area contributed by atoms with E-state index >= 15 is 0 Å². The molecule has 0 spiro atoms. The fourth-order valence-corrected chi connectivity index (χ4v) is 3.19. The van der Waals surface area contributed by atoms with Gasteiger partial charge in [-0.15, -0.1) is 0 Å². The molecule has 0 saturated carbocycles. The Labute approximate surface area is 123 Å². The Bertz CT molecular complexity index is 388. The second-order valence-electron chi connectivity index (χ2n) is 3.03. The minimum Gasteiger partial charge on any atom is -0.465 e. The minimum atomic E-state index is -0.289. The van der Waals surface area contributed by atoms with Gasteiger partial charge in [-0.2, -0.15) is 4.37 Å². The highest BCUT2D eigenvalue weighted by Crippen LogP contribution is 2.24. The molecule has 0 amide bonds. The number of rotatable bonds is 8. The molecular weight excluding hydrogens is 308 g/mol. The lowest BCUT2D eigenvalue weighted by Crippen LogP contribution is -2.06. The molecule has 1 aromatic rings. The zero-order valence-electron chi connectivity index (χ0n) is 10.6. The van der Waals surface area contributed by atoms with Gasteiger partial charge in [0.25, 0.3) is 0 Å². The topological polar surface area (TPSA) is 78.4 Å². The molecule has 0 saturated heterocycles. The van der Waals surface area contributed by atoms with Crippen molar-refractivity contribution in [3.63, 3.8) is 0 Å². The maximum absolute atomic E-state index is 11.2. The minimum absolute atomic E-state index is 0.187. The van der Waals surface area contributed by atoms with E-state index in [2.05, 4.69) is 9.36 Å². The van der Waals surface area contributed by atoms with Crippen LogP contribution in [-0.2, 0) is 19.1 Å². The van der Waals surface area contributed by atoms with Gasteiger partial charge in [-0.25, -0.2) is 4.98 Å². The van der Waals surface area contributed by atoms with Gasteiger partial charge < -0.3 is 9.47 Å². The van der Waals surface area contributed by atoms with Gasteiger partial charge in [0.1, 0.15) is 0 Å². The first-order valence-corrected chi connectivity index (χ1v) is 8.30. The molecule has 6 nitrogen and oxygen atoms in total. The van der Waals surface area contributed by atoms with Crippen molar-refractivity contribution in [2.24, 2.45) is 0 Å². The normalized spacial score (nSPS) is 10.2. The summed E-state index contributed by atoms with van der Waals surface area (Å²) in [7, 11) is 0. The molecule has 0 bridgehead atoms. The number of aromatic nitrogens is 2. The van der Waals surface area contributed by atoms with Crippen molar-refractivity contribution in [1.82, 2.24) is 9.36 Å². The molecule has 0 aromatic carbocycles. The lowest BCUT2D eigenvalue weighted by atomic mass is 10.8. The highest BCUT2D eigenvalue weighted by molar-refractivity contribution is 8.01. The first-order chi connectivity index (χ1) is 9.15. The van der Waals surface area contributed by atoms with Crippen LogP contribution in [0.3, 0.4) is 0 Å². The predicted molar refractivity (Wildman–Crippen MR) is 74.6 cm³/mol. The number of thioether (sulfide) groups is 2. The van der Waals surface area contributed by atoms with E-state index in [9.17, 15) is 9.59 Å². The van der Waals surface area contributed by atoms with Crippen molar-refractivity contribution >= 4 is 47.0 Å². The summed E-state index contributed by atoms with van der Waals surface area (Å²) in [5, 5.41) is 0.518. The fraction of sp³-hybridized carbons (Fsp3) is 0.600. The first kappa shape index (κ1) is 16.3. The van der Waals surface area contributed by atoms with Gasteiger partial charge in [0.05, 0.1) is 24.7 Å². The molecule has 1 heterocycles. The molecular formula is C10H14N2O4S3. The Morgan fingerprint density at radius 3 is 2.26 bits per heavy atom. The zero-order valence-corrected chi connectivity index (χ0v) is 13.0. The summed E-state index contributed by atoms with van der Waals surface area (Å²) < 4.78 is 14.4. The van der Waals surface area contributed by atoms with Gasteiger partial charge >= 0.3 is 11.9 Å². The molecule has 0 N–H and O–H groups in total. The van der Waals surface area contributed by atoms with Crippen LogP contribution < -0.4 is 0 Å². The number of carbonyl (C=O) groups excluding carboxylic acids is 2. The highest BCUT2D eigenvalue weighted by Gasteiger charge is 2.10. The summed E-state index contributed by atoms with van der Waals surface area (Å²) in [4.78, 5) is 26.5. The number of hydrogen-bond donors (Lipinski definition) is 0. The van der Waals surface area contributed by atoms with E-state index in [4.69, 9.17) is 9.47 Å². The Morgan fingerprint density at radius 2 is 1.68 bits per heavy atom. The van der Waals surface area contributed by atoms with Crippen LogP contribution in [0.5, 0.6) is 0 Å². The molecule has 106 valence electrons. The van der Waals surface area contributed by atoms with Crippen molar-refractivity contribution in [2.45, 2.75) is 23.3 Å². The van der Waals surface area contributed by atoms with Crippen molar-refractivity contribution in [2.75, 3.05) is 24.7 Å². The third-order valence-electron chi connectivity index (χ3n) is 1.63. The van der Waals surface area contributed by atoms with Gasteiger partial charge in [-0.3, -0.25) is 9.59 Å². The second-order valence-corrected chi connectivity index (χ2v) is 5.95. The molecule has 19 heavy (non-hydrogen) atoms. The van der Waals surface area contributed by atoms with Gasteiger partial charge in [0.2, 0.25) is 5.16 Å². The number of esters is 2. The van der Waals surface area contributed by atoms with Crippen molar-refractivity contribution in [1.29, 1.82) is 0 Å². The standard InChI is InChI=1S/C10H14N2O4S3/c1-3-15-7(13)5-17-9-11-10(19-12-9)18-6-8(14)16-4-2/h3-6H2,1-2H3. The second kappa shape index (κ2) is 9.16. The molecule has 0 aliphatic heterocycles. The highest BCUT2D eigenvalue weighted by atomic mass is 32.2. The predicted octanol–water partition coefficient (Wildman–Crippen LogP) is 1.85. The van der Waals surface area contributed by atoms with E-state index < -0.39 is 0 Å². The zero-order chi connectivity index (χ0) is 14.1. The lowest BCUT2D eigenvalue weighted by molar-refractivity contribution is -0.140. The van der Waals surface area contributed by atoms with E-state index in [1.165, 1.54) is 35.1 Å². The Morgan fingerprint density at radius 1 is 1.11 bits per heavy atom. The van der Waals surface area contributed by atoms with Crippen molar-refractivity contribution < 1.29 is 19.1 Å². The molecule has 1 rings (SSSR count). The third kappa shape index (κ3) is 6.79. The van der Waals surface area contributed by atoms with Crippen LogP contribution >= 0.6 is 35.1 Å². The Kier molecular flexibility index (Phi) is 7.84. The SMILES string of the molecule is CCOC(=O)CSc1nsc(SCC(=O)OCC)n1. The van der Waals surface area contributed by atoms with E-state index in [1.54, 1.807) is 13.8 Å². The first-order valence-electron chi connectivity index (χ1n) is 5.56. The summed E-state index contributed by atoms with van der Waals surface area (Å²) in [6.07, 6.45) is 0. The smallest absolute Gasteiger partial charge is 0.316 e. The van der Waals surface area contributed by atoms with Crippen LogP contribution in [0.1, 0.15) is 13.8 Å². The maximum Gasteiger partial charge on any atom is 0.316 e. The largest absolute Gasteiger partial charge is 0.465 e. The summed E-state index contributed by atoms with van der Waals surface area (Å²) in [6, 6.07) is 0. The third-order valence-corrected chi connectivity index (χ3v) is 4.38. The average molecular weight is 322 g/mol. The quantitative estimate of drug-likeness (QED) is 0.530. The Hall–Kier alpha value is -0.800. The Balaban J connectivity index is 2.32. The van der Waals surface area contributed by atoms with Crippen LogP contribution in [0.4, 0.5) is 0 Å².